The van der Waals surface area contributed by atoms with E-state index in [1.54, 1.807) is 0 Å². The van der Waals surface area contributed by atoms with Crippen molar-refractivity contribution in [2.75, 3.05) is 6.54 Å². The van der Waals surface area contributed by atoms with E-state index in [2.05, 4.69) is 4.72 Å². The van der Waals surface area contributed by atoms with Gasteiger partial charge in [0.05, 0.1) is 4.90 Å². The first-order valence-electron chi connectivity index (χ1n) is 11.5. The summed E-state index contributed by atoms with van der Waals surface area (Å²) in [4.78, 5) is -0.459. The SMILES string of the molecule is O=S(=O)(NCCc1ccc(OS(=O)(=O)c2ccc(Cl)cc2)c(OS(=O)(=O)c2ccc(Cl)cc2)c1)c1ccc(Cl)cc1. The first-order valence-corrected chi connectivity index (χ1v) is 17.0. The summed E-state index contributed by atoms with van der Waals surface area (Å²) in [6.07, 6.45) is 0.0917. The molecule has 0 bridgehead atoms. The van der Waals surface area contributed by atoms with Crippen molar-refractivity contribution in [2.45, 2.75) is 21.1 Å². The van der Waals surface area contributed by atoms with E-state index < -0.39 is 41.8 Å². The maximum absolute atomic E-state index is 13.0. The zero-order valence-electron chi connectivity index (χ0n) is 20.7. The first-order chi connectivity index (χ1) is 19.2. The van der Waals surface area contributed by atoms with Crippen molar-refractivity contribution < 1.29 is 33.6 Å². The Labute approximate surface area is 252 Å². The molecule has 0 spiro atoms. The lowest BCUT2D eigenvalue weighted by molar-refractivity contribution is 0.449. The van der Waals surface area contributed by atoms with Gasteiger partial charge < -0.3 is 8.37 Å². The maximum Gasteiger partial charge on any atom is 0.339 e. The molecule has 0 radical (unpaired) electrons. The molecule has 9 nitrogen and oxygen atoms in total. The van der Waals surface area contributed by atoms with E-state index in [0.717, 1.165) is 0 Å². The fourth-order valence-corrected chi connectivity index (χ4v) is 6.69. The highest BCUT2D eigenvalue weighted by Crippen LogP contribution is 2.34. The molecule has 0 atom stereocenters. The summed E-state index contributed by atoms with van der Waals surface area (Å²) < 4.78 is 89.9. The Morgan fingerprint density at radius 1 is 0.537 bits per heavy atom. The van der Waals surface area contributed by atoms with E-state index in [-0.39, 0.29) is 27.7 Å². The molecule has 0 aliphatic carbocycles. The summed E-state index contributed by atoms with van der Waals surface area (Å²) in [5.74, 6) is -0.849. The molecule has 0 aromatic heterocycles. The van der Waals surface area contributed by atoms with Crippen LogP contribution in [0.25, 0.3) is 0 Å². The Morgan fingerprint density at radius 3 is 1.41 bits per heavy atom. The van der Waals surface area contributed by atoms with Crippen LogP contribution in [0, 0.1) is 0 Å². The van der Waals surface area contributed by atoms with Crippen LogP contribution >= 0.6 is 34.8 Å². The van der Waals surface area contributed by atoms with Crippen LogP contribution in [0.1, 0.15) is 5.56 Å². The van der Waals surface area contributed by atoms with Crippen molar-refractivity contribution in [2.24, 2.45) is 0 Å². The lowest BCUT2D eigenvalue weighted by atomic mass is 10.1. The Balaban J connectivity index is 1.61. The minimum absolute atomic E-state index is 0.0103. The minimum atomic E-state index is -4.45. The maximum atomic E-state index is 13.0. The highest BCUT2D eigenvalue weighted by molar-refractivity contribution is 7.89. The molecule has 0 heterocycles. The monoisotopic (exact) mass is 675 g/mol. The Bertz CT molecular complexity index is 1860. The van der Waals surface area contributed by atoms with Crippen molar-refractivity contribution in [3.05, 3.63) is 112 Å². The largest absolute Gasteiger partial charge is 0.375 e. The second-order valence-electron chi connectivity index (χ2n) is 8.37. The van der Waals surface area contributed by atoms with E-state index in [4.69, 9.17) is 43.2 Å². The molecule has 1 N–H and O–H groups in total. The molecule has 4 rings (SSSR count). The van der Waals surface area contributed by atoms with Gasteiger partial charge in [0.15, 0.2) is 11.5 Å². The lowest BCUT2D eigenvalue weighted by Gasteiger charge is -2.14. The third kappa shape index (κ3) is 8.13. The zero-order chi connectivity index (χ0) is 29.8. The topological polar surface area (TPSA) is 133 Å². The van der Waals surface area contributed by atoms with Gasteiger partial charge in [-0.3, -0.25) is 0 Å². The van der Waals surface area contributed by atoms with Crippen LogP contribution < -0.4 is 13.1 Å². The Hall–Kier alpha value is -2.84. The van der Waals surface area contributed by atoms with Crippen molar-refractivity contribution in [3.63, 3.8) is 0 Å². The molecule has 0 saturated heterocycles. The molecular weight excluding hydrogens is 657 g/mol. The first kappa shape index (κ1) is 31.1. The number of hydrogen-bond acceptors (Lipinski definition) is 8. The second-order valence-corrected chi connectivity index (χ2v) is 14.5. The van der Waals surface area contributed by atoms with Crippen LogP contribution in [0.4, 0.5) is 0 Å². The summed E-state index contributed by atoms with van der Waals surface area (Å²) in [6.45, 7) is -0.0718. The van der Waals surface area contributed by atoms with Gasteiger partial charge >= 0.3 is 20.2 Å². The summed E-state index contributed by atoms with van der Waals surface area (Å²) in [6, 6.07) is 19.8. The average Bonchev–Trinajstić information content (AvgIpc) is 2.90. The van der Waals surface area contributed by atoms with Crippen LogP contribution in [-0.4, -0.2) is 31.8 Å². The van der Waals surface area contributed by atoms with Crippen molar-refractivity contribution in [1.29, 1.82) is 0 Å². The molecule has 4 aromatic carbocycles. The van der Waals surface area contributed by atoms with E-state index in [0.29, 0.717) is 20.6 Å². The van der Waals surface area contributed by atoms with E-state index in [9.17, 15) is 25.3 Å². The number of sulfonamides is 1. The van der Waals surface area contributed by atoms with Crippen LogP contribution in [-0.2, 0) is 36.7 Å². The van der Waals surface area contributed by atoms with Gasteiger partial charge in [-0.1, -0.05) is 40.9 Å². The standard InChI is InChI=1S/C26H20Cl3NO8S3/c27-19-2-8-22(9-3-19)39(31,32)30-16-15-18-1-14-25(37-40(33,34)23-10-4-20(28)5-11-23)26(17-18)38-41(35,36)24-12-6-21(29)7-13-24/h1-14,17,30H,15-16H2. The van der Waals surface area contributed by atoms with Crippen molar-refractivity contribution in [1.82, 2.24) is 4.72 Å². The van der Waals surface area contributed by atoms with Crippen LogP contribution in [0.15, 0.2) is 106 Å². The second kappa shape index (κ2) is 12.6. The third-order valence-corrected chi connectivity index (χ3v) is 10.2. The molecular formula is C26H20Cl3NO8S3. The summed E-state index contributed by atoms with van der Waals surface area (Å²) >= 11 is 17.5. The Morgan fingerprint density at radius 2 is 0.951 bits per heavy atom. The van der Waals surface area contributed by atoms with Gasteiger partial charge in [0.1, 0.15) is 9.79 Å². The highest BCUT2D eigenvalue weighted by atomic mass is 35.5. The van der Waals surface area contributed by atoms with Crippen molar-refractivity contribution in [3.8, 4) is 11.5 Å². The number of halogens is 3. The fraction of sp³-hybridized carbons (Fsp3) is 0.0769. The van der Waals surface area contributed by atoms with Gasteiger partial charge in [-0.25, -0.2) is 13.1 Å². The predicted octanol–water partition coefficient (Wildman–Crippen LogP) is 5.70. The van der Waals surface area contributed by atoms with Crippen LogP contribution in [0.2, 0.25) is 15.1 Å². The van der Waals surface area contributed by atoms with Gasteiger partial charge in [-0.15, -0.1) is 0 Å². The number of hydrogen-bond donors (Lipinski definition) is 1. The molecule has 0 fully saturated rings. The fourth-order valence-electron chi connectivity index (χ4n) is 3.40. The van der Waals surface area contributed by atoms with Gasteiger partial charge in [0, 0.05) is 21.6 Å². The molecule has 41 heavy (non-hydrogen) atoms. The van der Waals surface area contributed by atoms with Gasteiger partial charge in [0.2, 0.25) is 10.0 Å². The molecule has 0 unspecified atom stereocenters. The van der Waals surface area contributed by atoms with Crippen molar-refractivity contribution >= 4 is 65.1 Å². The third-order valence-electron chi connectivity index (χ3n) is 5.44. The van der Waals surface area contributed by atoms with Gasteiger partial charge in [-0.2, -0.15) is 16.8 Å². The zero-order valence-corrected chi connectivity index (χ0v) is 25.4. The number of rotatable bonds is 11. The normalized spacial score (nSPS) is 12.2. The van der Waals surface area contributed by atoms with Gasteiger partial charge in [-0.05, 0) is 96.9 Å². The molecule has 0 amide bonds. The minimum Gasteiger partial charge on any atom is -0.375 e. The number of benzene rings is 4. The van der Waals surface area contributed by atoms with Gasteiger partial charge in [0.25, 0.3) is 0 Å². The molecule has 216 valence electrons. The highest BCUT2D eigenvalue weighted by Gasteiger charge is 2.24. The predicted molar refractivity (Wildman–Crippen MR) is 155 cm³/mol. The molecule has 4 aromatic rings. The number of nitrogens with one attached hydrogen (secondary N) is 1. The van der Waals surface area contributed by atoms with Crippen LogP contribution in [0.5, 0.6) is 11.5 Å². The quantitative estimate of drug-likeness (QED) is 0.200. The van der Waals surface area contributed by atoms with Crippen LogP contribution in [0.3, 0.4) is 0 Å². The van der Waals surface area contributed by atoms with E-state index >= 15 is 0 Å². The van der Waals surface area contributed by atoms with E-state index in [1.807, 2.05) is 0 Å². The Kier molecular flexibility index (Phi) is 9.54. The summed E-state index contributed by atoms with van der Waals surface area (Å²) in [7, 11) is -12.7. The van der Waals surface area contributed by atoms with E-state index in [1.165, 1.54) is 91.0 Å². The molecule has 0 saturated carbocycles. The molecule has 15 heteroatoms. The summed E-state index contributed by atoms with van der Waals surface area (Å²) in [5.41, 5.74) is 0.418. The lowest BCUT2D eigenvalue weighted by Crippen LogP contribution is -2.26. The smallest absolute Gasteiger partial charge is 0.339 e. The molecule has 0 aliphatic rings. The average molecular weight is 677 g/mol. The summed E-state index contributed by atoms with van der Waals surface area (Å²) in [5, 5.41) is 0.980. The molecule has 0 aliphatic heterocycles.